The van der Waals surface area contributed by atoms with Crippen LogP contribution in [0, 0.1) is 5.41 Å². The standard InChI is InChI=1S/C23H28N6O/c24-17-5-1-14(2-6-17)13-29-20-12-16(22(26)27)4-3-15(20)11-21(29)23(30)28-19-9-7-18(25)8-10-19/h1-6,11-12,18-19H,7-10,13,24-25H2,(H3,26,27)(H,28,30)/t18-,19-. The van der Waals surface area contributed by atoms with Crippen molar-refractivity contribution in [2.24, 2.45) is 11.5 Å². The van der Waals surface area contributed by atoms with Gasteiger partial charge in [-0.05, 0) is 55.5 Å². The highest BCUT2D eigenvalue weighted by Gasteiger charge is 2.23. The van der Waals surface area contributed by atoms with Gasteiger partial charge in [0.25, 0.3) is 5.91 Å². The number of nitrogens with two attached hydrogens (primary N) is 3. The van der Waals surface area contributed by atoms with E-state index in [4.69, 9.17) is 22.6 Å². The number of nitrogen functional groups attached to an aromatic ring is 2. The molecule has 0 bridgehead atoms. The second-order valence-corrected chi connectivity index (χ2v) is 8.13. The minimum atomic E-state index is -0.0912. The van der Waals surface area contributed by atoms with Gasteiger partial charge in [0, 0.05) is 40.8 Å². The Morgan fingerprint density at radius 1 is 1.07 bits per heavy atom. The van der Waals surface area contributed by atoms with Crippen LogP contribution < -0.4 is 22.5 Å². The molecule has 4 rings (SSSR count). The monoisotopic (exact) mass is 404 g/mol. The zero-order valence-electron chi connectivity index (χ0n) is 16.9. The smallest absolute Gasteiger partial charge is 0.268 e. The Hall–Kier alpha value is -3.32. The van der Waals surface area contributed by atoms with Gasteiger partial charge in [-0.15, -0.1) is 0 Å². The van der Waals surface area contributed by atoms with Crippen LogP contribution in [-0.2, 0) is 6.54 Å². The lowest BCUT2D eigenvalue weighted by molar-refractivity contribution is 0.0917. The SMILES string of the molecule is N=C(N)c1ccc2cc(C(=O)N[C@H]3CC[C@H](N)CC3)n(Cc3ccc(N)cc3)c2c1. The topological polar surface area (TPSA) is 136 Å². The molecule has 1 fully saturated rings. The second kappa shape index (κ2) is 8.20. The minimum absolute atomic E-state index is 0.00156. The highest BCUT2D eigenvalue weighted by Crippen LogP contribution is 2.24. The first kappa shape index (κ1) is 20.0. The van der Waals surface area contributed by atoms with Gasteiger partial charge < -0.3 is 27.1 Å². The summed E-state index contributed by atoms with van der Waals surface area (Å²) >= 11 is 0. The summed E-state index contributed by atoms with van der Waals surface area (Å²) in [6.07, 6.45) is 3.67. The van der Waals surface area contributed by atoms with Gasteiger partial charge in [0.2, 0.25) is 0 Å². The molecule has 0 aliphatic heterocycles. The fourth-order valence-electron chi connectivity index (χ4n) is 4.11. The van der Waals surface area contributed by atoms with Gasteiger partial charge in [0.15, 0.2) is 0 Å². The van der Waals surface area contributed by atoms with Gasteiger partial charge in [0.05, 0.1) is 0 Å². The number of nitrogens with zero attached hydrogens (tertiary/aromatic N) is 1. The van der Waals surface area contributed by atoms with Crippen molar-refractivity contribution in [2.45, 2.75) is 44.3 Å². The van der Waals surface area contributed by atoms with Crippen LogP contribution in [0.25, 0.3) is 10.9 Å². The number of amidine groups is 1. The lowest BCUT2D eigenvalue weighted by atomic mass is 9.92. The third-order valence-corrected chi connectivity index (χ3v) is 5.88. The number of rotatable bonds is 5. The summed E-state index contributed by atoms with van der Waals surface area (Å²) in [5.74, 6) is -0.0897. The number of amides is 1. The van der Waals surface area contributed by atoms with Crippen molar-refractivity contribution in [1.82, 2.24) is 9.88 Å². The van der Waals surface area contributed by atoms with Gasteiger partial charge in [-0.1, -0.05) is 24.3 Å². The first-order valence-corrected chi connectivity index (χ1v) is 10.3. The summed E-state index contributed by atoms with van der Waals surface area (Å²) < 4.78 is 1.98. The molecule has 0 atom stereocenters. The van der Waals surface area contributed by atoms with Gasteiger partial charge >= 0.3 is 0 Å². The van der Waals surface area contributed by atoms with E-state index >= 15 is 0 Å². The normalized spacial score (nSPS) is 19.0. The van der Waals surface area contributed by atoms with Crippen LogP contribution in [0.4, 0.5) is 5.69 Å². The van der Waals surface area contributed by atoms with E-state index in [0.29, 0.717) is 23.5 Å². The van der Waals surface area contributed by atoms with Crippen molar-refractivity contribution in [3.05, 3.63) is 65.4 Å². The molecule has 30 heavy (non-hydrogen) atoms. The minimum Gasteiger partial charge on any atom is -0.399 e. The number of nitrogens with one attached hydrogen (secondary N) is 2. The molecule has 8 N–H and O–H groups in total. The van der Waals surface area contributed by atoms with Crippen LogP contribution in [0.1, 0.15) is 47.3 Å². The van der Waals surface area contributed by atoms with Gasteiger partial charge in [0.1, 0.15) is 11.5 Å². The van der Waals surface area contributed by atoms with E-state index in [1.54, 1.807) is 0 Å². The summed E-state index contributed by atoms with van der Waals surface area (Å²) in [4.78, 5) is 13.2. The van der Waals surface area contributed by atoms with Crippen molar-refractivity contribution in [1.29, 1.82) is 5.41 Å². The molecule has 7 nitrogen and oxygen atoms in total. The molecule has 156 valence electrons. The molecule has 0 saturated heterocycles. The van der Waals surface area contributed by atoms with E-state index < -0.39 is 0 Å². The predicted molar refractivity (Wildman–Crippen MR) is 121 cm³/mol. The van der Waals surface area contributed by atoms with E-state index in [9.17, 15) is 4.79 Å². The number of anilines is 1. The zero-order valence-corrected chi connectivity index (χ0v) is 16.9. The van der Waals surface area contributed by atoms with Gasteiger partial charge in [-0.2, -0.15) is 0 Å². The molecular weight excluding hydrogens is 376 g/mol. The quantitative estimate of drug-likeness (QED) is 0.254. The maximum Gasteiger partial charge on any atom is 0.268 e. The van der Waals surface area contributed by atoms with Crippen molar-refractivity contribution >= 4 is 28.3 Å². The van der Waals surface area contributed by atoms with Crippen LogP contribution in [0.5, 0.6) is 0 Å². The number of aromatic nitrogens is 1. The Morgan fingerprint density at radius 2 is 1.77 bits per heavy atom. The van der Waals surface area contributed by atoms with Crippen molar-refractivity contribution in [3.8, 4) is 0 Å². The van der Waals surface area contributed by atoms with Crippen LogP contribution in [-0.4, -0.2) is 28.4 Å². The summed E-state index contributed by atoms with van der Waals surface area (Å²) in [6, 6.07) is 15.5. The molecule has 1 aromatic heterocycles. The lowest BCUT2D eigenvalue weighted by Crippen LogP contribution is -2.41. The number of benzene rings is 2. The first-order valence-electron chi connectivity index (χ1n) is 10.3. The van der Waals surface area contributed by atoms with Crippen molar-refractivity contribution < 1.29 is 4.79 Å². The number of fused-ring (bicyclic) bond motifs is 1. The molecule has 7 heteroatoms. The average molecular weight is 405 g/mol. The summed E-state index contributed by atoms with van der Waals surface area (Å²) in [5, 5.41) is 11.9. The highest BCUT2D eigenvalue weighted by molar-refractivity contribution is 6.02. The summed E-state index contributed by atoms with van der Waals surface area (Å²) in [5.41, 5.74) is 21.3. The maximum absolute atomic E-state index is 13.2. The molecule has 1 saturated carbocycles. The highest BCUT2D eigenvalue weighted by atomic mass is 16.2. The molecule has 0 radical (unpaired) electrons. The molecular formula is C23H28N6O. The molecule has 1 heterocycles. The second-order valence-electron chi connectivity index (χ2n) is 8.13. The van der Waals surface area contributed by atoms with Crippen LogP contribution in [0.15, 0.2) is 48.5 Å². The molecule has 0 unspecified atom stereocenters. The van der Waals surface area contributed by atoms with E-state index in [0.717, 1.165) is 42.1 Å². The predicted octanol–water partition coefficient (Wildman–Crippen LogP) is 2.56. The van der Waals surface area contributed by atoms with Crippen LogP contribution in [0.3, 0.4) is 0 Å². The number of carbonyl (C=O) groups is 1. The van der Waals surface area contributed by atoms with Gasteiger partial charge in [-0.3, -0.25) is 10.2 Å². The van der Waals surface area contributed by atoms with E-state index in [-0.39, 0.29) is 23.8 Å². The Morgan fingerprint density at radius 3 is 2.43 bits per heavy atom. The van der Waals surface area contributed by atoms with E-state index in [1.807, 2.05) is 53.1 Å². The van der Waals surface area contributed by atoms with E-state index in [2.05, 4.69) is 5.32 Å². The molecule has 1 amide bonds. The fraction of sp³-hybridized carbons (Fsp3) is 0.304. The van der Waals surface area contributed by atoms with E-state index in [1.165, 1.54) is 0 Å². The number of hydrogen-bond donors (Lipinski definition) is 5. The molecule has 3 aromatic rings. The van der Waals surface area contributed by atoms with Crippen LogP contribution in [0.2, 0.25) is 0 Å². The fourth-order valence-corrected chi connectivity index (χ4v) is 4.11. The average Bonchev–Trinajstić information content (AvgIpc) is 3.09. The molecule has 1 aliphatic rings. The Balaban J connectivity index is 1.70. The number of hydrogen-bond acceptors (Lipinski definition) is 4. The summed E-state index contributed by atoms with van der Waals surface area (Å²) in [7, 11) is 0. The molecule has 2 aromatic carbocycles. The largest absolute Gasteiger partial charge is 0.399 e. The summed E-state index contributed by atoms with van der Waals surface area (Å²) in [6.45, 7) is 0.517. The maximum atomic E-state index is 13.2. The Bertz CT molecular complexity index is 1080. The molecule has 0 spiro atoms. The first-order chi connectivity index (χ1) is 14.4. The Labute approximate surface area is 175 Å². The molecule has 1 aliphatic carbocycles. The Kier molecular flexibility index (Phi) is 5.46. The third-order valence-electron chi connectivity index (χ3n) is 5.88. The van der Waals surface area contributed by atoms with Crippen molar-refractivity contribution in [2.75, 3.05) is 5.73 Å². The third kappa shape index (κ3) is 4.16. The van der Waals surface area contributed by atoms with Crippen LogP contribution >= 0.6 is 0 Å². The van der Waals surface area contributed by atoms with Crippen molar-refractivity contribution in [3.63, 3.8) is 0 Å². The lowest BCUT2D eigenvalue weighted by Gasteiger charge is -2.27. The zero-order chi connectivity index (χ0) is 21.3. The van der Waals surface area contributed by atoms with Gasteiger partial charge in [-0.25, -0.2) is 0 Å². The number of carbonyl (C=O) groups excluding carboxylic acids is 1.